The Bertz CT molecular complexity index is 325. The predicted molar refractivity (Wildman–Crippen MR) is 61.3 cm³/mol. The molecule has 3 unspecified atom stereocenters. The van der Waals surface area contributed by atoms with E-state index in [0.717, 1.165) is 0 Å². The van der Waals surface area contributed by atoms with Gasteiger partial charge in [-0.1, -0.05) is 0 Å². The number of carboxylic acid groups (broad SMARTS) is 2. The number of carbonyl (C=O) groups is 3. The molecular weight excluding hydrogens is 260 g/mol. The summed E-state index contributed by atoms with van der Waals surface area (Å²) < 4.78 is 4.76. The molecule has 8 nitrogen and oxygen atoms in total. The summed E-state index contributed by atoms with van der Waals surface area (Å²) >= 11 is 0. The summed E-state index contributed by atoms with van der Waals surface area (Å²) in [4.78, 5) is 30.7. The van der Waals surface area contributed by atoms with Crippen molar-refractivity contribution in [2.24, 2.45) is 0 Å². The van der Waals surface area contributed by atoms with Gasteiger partial charge in [0.25, 0.3) is 0 Å². The maximum atomic E-state index is 10.9. The van der Waals surface area contributed by atoms with Gasteiger partial charge in [-0.15, -0.1) is 0 Å². The number of hydrogen-bond donors (Lipinski definition) is 4. The SMILES string of the molecule is CC(O)C(=O)O.O=C1CCCCC(C(O)C(=O)O)O1. The number of hydrogen-bond acceptors (Lipinski definition) is 6. The van der Waals surface area contributed by atoms with Crippen molar-refractivity contribution in [2.45, 2.75) is 50.9 Å². The van der Waals surface area contributed by atoms with E-state index in [2.05, 4.69) is 0 Å². The minimum atomic E-state index is -1.60. The summed E-state index contributed by atoms with van der Waals surface area (Å²) in [6.07, 6.45) is -1.58. The number of esters is 1. The van der Waals surface area contributed by atoms with Crippen LogP contribution in [-0.2, 0) is 19.1 Å². The van der Waals surface area contributed by atoms with Crippen LogP contribution in [0.5, 0.6) is 0 Å². The Morgan fingerprint density at radius 1 is 1.21 bits per heavy atom. The fourth-order valence-electron chi connectivity index (χ4n) is 1.28. The minimum absolute atomic E-state index is 0.308. The molecule has 1 aliphatic rings. The van der Waals surface area contributed by atoms with Crippen molar-refractivity contribution in [3.8, 4) is 0 Å². The smallest absolute Gasteiger partial charge is 0.336 e. The van der Waals surface area contributed by atoms with Crippen LogP contribution < -0.4 is 0 Å². The second kappa shape index (κ2) is 8.44. The number of carbonyl (C=O) groups excluding carboxylic acids is 1. The van der Waals surface area contributed by atoms with Gasteiger partial charge in [0.15, 0.2) is 6.10 Å². The second-order valence-electron chi connectivity index (χ2n) is 4.07. The first-order valence-electron chi connectivity index (χ1n) is 5.77. The summed E-state index contributed by atoms with van der Waals surface area (Å²) in [6, 6.07) is 0. The number of cyclic esters (lactones) is 1. The zero-order chi connectivity index (χ0) is 15.0. The van der Waals surface area contributed by atoms with Crippen molar-refractivity contribution in [1.29, 1.82) is 0 Å². The Morgan fingerprint density at radius 2 is 1.74 bits per heavy atom. The van der Waals surface area contributed by atoms with E-state index < -0.39 is 36.2 Å². The van der Waals surface area contributed by atoms with Crippen molar-refractivity contribution in [3.05, 3.63) is 0 Å². The summed E-state index contributed by atoms with van der Waals surface area (Å²) in [5.74, 6) is -2.96. The van der Waals surface area contributed by atoms with Crippen molar-refractivity contribution >= 4 is 17.9 Å². The molecule has 0 aromatic carbocycles. The van der Waals surface area contributed by atoms with Gasteiger partial charge in [-0.2, -0.15) is 0 Å². The third-order valence-corrected chi connectivity index (χ3v) is 2.36. The van der Waals surface area contributed by atoms with Crippen LogP contribution in [0.3, 0.4) is 0 Å². The van der Waals surface area contributed by atoms with E-state index in [1.807, 2.05) is 0 Å². The van der Waals surface area contributed by atoms with E-state index in [1.165, 1.54) is 6.92 Å². The molecule has 3 atom stereocenters. The average molecular weight is 278 g/mol. The van der Waals surface area contributed by atoms with Crippen molar-refractivity contribution in [1.82, 2.24) is 0 Å². The first-order chi connectivity index (χ1) is 8.75. The number of aliphatic hydroxyl groups excluding tert-OH is 2. The van der Waals surface area contributed by atoms with Gasteiger partial charge in [0, 0.05) is 6.42 Å². The normalized spacial score (nSPS) is 22.1. The summed E-state index contributed by atoms with van der Waals surface area (Å²) in [5.41, 5.74) is 0. The number of aliphatic carboxylic acids is 2. The summed E-state index contributed by atoms with van der Waals surface area (Å²) in [5, 5.41) is 33.4. The molecule has 0 aromatic rings. The third-order valence-electron chi connectivity index (χ3n) is 2.36. The van der Waals surface area contributed by atoms with Gasteiger partial charge in [0.05, 0.1) is 0 Å². The van der Waals surface area contributed by atoms with Crippen molar-refractivity contribution < 1.29 is 39.5 Å². The zero-order valence-corrected chi connectivity index (χ0v) is 10.5. The zero-order valence-electron chi connectivity index (χ0n) is 10.5. The Kier molecular flexibility index (Phi) is 7.69. The molecule has 0 amide bonds. The molecule has 0 aromatic heterocycles. The molecule has 19 heavy (non-hydrogen) atoms. The van der Waals surface area contributed by atoms with Gasteiger partial charge in [-0.25, -0.2) is 9.59 Å². The lowest BCUT2D eigenvalue weighted by Crippen LogP contribution is -2.36. The van der Waals surface area contributed by atoms with Crippen LogP contribution in [0.15, 0.2) is 0 Å². The van der Waals surface area contributed by atoms with Gasteiger partial charge in [-0.3, -0.25) is 4.79 Å². The molecule has 0 aliphatic carbocycles. The highest BCUT2D eigenvalue weighted by Gasteiger charge is 2.30. The number of ether oxygens (including phenoxy) is 1. The molecule has 1 aliphatic heterocycles. The molecule has 0 radical (unpaired) electrons. The van der Waals surface area contributed by atoms with E-state index in [4.69, 9.17) is 25.2 Å². The van der Waals surface area contributed by atoms with Gasteiger partial charge in [-0.05, 0) is 26.2 Å². The number of rotatable bonds is 3. The molecule has 1 fully saturated rings. The molecule has 1 saturated heterocycles. The molecule has 0 bridgehead atoms. The highest BCUT2D eigenvalue weighted by Crippen LogP contribution is 2.16. The van der Waals surface area contributed by atoms with Crippen LogP contribution >= 0.6 is 0 Å². The second-order valence-corrected chi connectivity index (χ2v) is 4.07. The topological polar surface area (TPSA) is 141 Å². The predicted octanol–water partition coefficient (Wildman–Crippen LogP) is -0.630. The Labute approximate surface area is 109 Å². The minimum Gasteiger partial charge on any atom is -0.479 e. The average Bonchev–Trinajstić information content (AvgIpc) is 2.53. The van der Waals surface area contributed by atoms with E-state index in [-0.39, 0.29) is 0 Å². The monoisotopic (exact) mass is 278 g/mol. The molecule has 0 saturated carbocycles. The fraction of sp³-hybridized carbons (Fsp3) is 0.727. The highest BCUT2D eigenvalue weighted by molar-refractivity contribution is 5.74. The first-order valence-corrected chi connectivity index (χ1v) is 5.77. The lowest BCUT2D eigenvalue weighted by Gasteiger charge is -2.17. The van der Waals surface area contributed by atoms with Gasteiger partial charge < -0.3 is 25.2 Å². The maximum absolute atomic E-state index is 10.9. The van der Waals surface area contributed by atoms with Gasteiger partial charge in [0.2, 0.25) is 0 Å². The van der Waals surface area contributed by atoms with Gasteiger partial charge >= 0.3 is 17.9 Å². The third kappa shape index (κ3) is 7.37. The van der Waals surface area contributed by atoms with E-state index >= 15 is 0 Å². The van der Waals surface area contributed by atoms with Crippen LogP contribution in [0, 0.1) is 0 Å². The van der Waals surface area contributed by atoms with Crippen LogP contribution in [0.4, 0.5) is 0 Å². The maximum Gasteiger partial charge on any atom is 0.336 e. The Hall–Kier alpha value is -1.67. The molecule has 8 heteroatoms. The molecule has 1 rings (SSSR count). The van der Waals surface area contributed by atoms with Crippen molar-refractivity contribution in [3.63, 3.8) is 0 Å². The van der Waals surface area contributed by atoms with Crippen LogP contribution in [0.2, 0.25) is 0 Å². The Morgan fingerprint density at radius 3 is 2.16 bits per heavy atom. The summed E-state index contributed by atoms with van der Waals surface area (Å²) in [6.45, 7) is 1.20. The number of aliphatic hydroxyl groups is 2. The van der Waals surface area contributed by atoms with Gasteiger partial charge in [0.1, 0.15) is 12.2 Å². The van der Waals surface area contributed by atoms with Crippen LogP contribution in [0.1, 0.15) is 32.6 Å². The van der Waals surface area contributed by atoms with Crippen molar-refractivity contribution in [2.75, 3.05) is 0 Å². The molecule has 0 spiro atoms. The van der Waals surface area contributed by atoms with E-state index in [9.17, 15) is 14.4 Å². The number of carboxylic acids is 2. The largest absolute Gasteiger partial charge is 0.479 e. The van der Waals surface area contributed by atoms with E-state index in [1.54, 1.807) is 0 Å². The van der Waals surface area contributed by atoms with E-state index in [0.29, 0.717) is 25.7 Å². The Balaban J connectivity index is 0.000000459. The lowest BCUT2D eigenvalue weighted by atomic mass is 10.1. The first kappa shape index (κ1) is 17.3. The summed E-state index contributed by atoms with van der Waals surface area (Å²) in [7, 11) is 0. The lowest BCUT2D eigenvalue weighted by molar-refractivity contribution is -0.164. The molecule has 110 valence electrons. The molecular formula is C11H18O8. The quantitative estimate of drug-likeness (QED) is 0.500. The standard InChI is InChI=1S/C8H12O5.C3H6O3/c9-6-4-2-1-3-5(13-6)7(10)8(11)12;1-2(4)3(5)6/h5,7,10H,1-4H2,(H,11,12);2,4H,1H3,(H,5,6). The fourth-order valence-corrected chi connectivity index (χ4v) is 1.28. The molecule has 1 heterocycles. The highest BCUT2D eigenvalue weighted by atomic mass is 16.6. The van der Waals surface area contributed by atoms with Crippen LogP contribution in [0.25, 0.3) is 0 Å². The molecule has 4 N–H and O–H groups in total. The van der Waals surface area contributed by atoms with Crippen LogP contribution in [-0.4, -0.2) is 56.6 Å².